The molecule has 3 N–H and O–H groups in total. The van der Waals surface area contributed by atoms with Crippen molar-refractivity contribution in [2.24, 2.45) is 11.7 Å². The molecule has 2 nitrogen and oxygen atoms in total. The van der Waals surface area contributed by atoms with Crippen molar-refractivity contribution in [3.8, 4) is 5.75 Å². The highest BCUT2D eigenvalue weighted by molar-refractivity contribution is 5.85. The van der Waals surface area contributed by atoms with Gasteiger partial charge in [0.15, 0.2) is 11.6 Å². The Balaban J connectivity index is 0.00000169. The normalized spacial score (nSPS) is 12.4. The average molecular weight is 220 g/mol. The molecule has 0 amide bonds. The van der Waals surface area contributed by atoms with Gasteiger partial charge in [-0.1, -0.05) is 19.9 Å². The van der Waals surface area contributed by atoms with Crippen molar-refractivity contribution in [3.05, 3.63) is 29.6 Å². The van der Waals surface area contributed by atoms with Crippen molar-refractivity contribution in [1.29, 1.82) is 0 Å². The molecule has 14 heavy (non-hydrogen) atoms. The van der Waals surface area contributed by atoms with E-state index in [4.69, 9.17) is 10.8 Å². The van der Waals surface area contributed by atoms with E-state index in [9.17, 15) is 4.39 Å². The highest BCUT2D eigenvalue weighted by Crippen LogP contribution is 2.24. The summed E-state index contributed by atoms with van der Waals surface area (Å²) in [4.78, 5) is 0. The maximum Gasteiger partial charge on any atom is 0.164 e. The quantitative estimate of drug-likeness (QED) is 0.803. The number of halogens is 2. The minimum atomic E-state index is -0.611. The smallest absolute Gasteiger partial charge is 0.164 e. The SMILES string of the molecule is CC(C)C(N)c1ccc(F)c(O)c1.Cl. The molecule has 0 radical (unpaired) electrons. The van der Waals surface area contributed by atoms with Gasteiger partial charge in [-0.2, -0.15) is 0 Å². The summed E-state index contributed by atoms with van der Waals surface area (Å²) in [6, 6.07) is 4.04. The van der Waals surface area contributed by atoms with Crippen LogP contribution in [0.3, 0.4) is 0 Å². The highest BCUT2D eigenvalue weighted by atomic mass is 35.5. The fraction of sp³-hybridized carbons (Fsp3) is 0.400. The zero-order valence-electron chi connectivity index (χ0n) is 8.20. The molecule has 1 rings (SSSR count). The number of phenols is 1. The van der Waals surface area contributed by atoms with Gasteiger partial charge in [0.2, 0.25) is 0 Å². The number of nitrogens with two attached hydrogens (primary N) is 1. The van der Waals surface area contributed by atoms with Crippen LogP contribution in [0.4, 0.5) is 4.39 Å². The van der Waals surface area contributed by atoms with E-state index < -0.39 is 5.82 Å². The molecule has 0 bridgehead atoms. The van der Waals surface area contributed by atoms with Gasteiger partial charge in [-0.05, 0) is 23.6 Å². The number of aromatic hydroxyl groups is 1. The molecule has 0 heterocycles. The van der Waals surface area contributed by atoms with Crippen LogP contribution in [0, 0.1) is 11.7 Å². The van der Waals surface area contributed by atoms with Crippen LogP contribution in [0.15, 0.2) is 18.2 Å². The second kappa shape index (κ2) is 5.17. The average Bonchev–Trinajstić information content (AvgIpc) is 2.08. The fourth-order valence-electron chi connectivity index (χ4n) is 1.12. The largest absolute Gasteiger partial charge is 0.505 e. The number of rotatable bonds is 2. The van der Waals surface area contributed by atoms with Gasteiger partial charge < -0.3 is 10.8 Å². The van der Waals surface area contributed by atoms with E-state index in [1.54, 1.807) is 6.07 Å². The molecule has 0 saturated heterocycles. The Morgan fingerprint density at radius 3 is 2.36 bits per heavy atom. The topological polar surface area (TPSA) is 46.2 Å². The second-order valence-electron chi connectivity index (χ2n) is 3.48. The van der Waals surface area contributed by atoms with Crippen LogP contribution in [0.2, 0.25) is 0 Å². The van der Waals surface area contributed by atoms with Crippen LogP contribution in [0.1, 0.15) is 25.5 Å². The number of hydrogen-bond acceptors (Lipinski definition) is 2. The van der Waals surface area contributed by atoms with E-state index in [2.05, 4.69) is 0 Å². The molecule has 1 unspecified atom stereocenters. The van der Waals surface area contributed by atoms with Crippen LogP contribution in [0.25, 0.3) is 0 Å². The van der Waals surface area contributed by atoms with E-state index in [0.717, 1.165) is 5.56 Å². The number of hydrogen-bond donors (Lipinski definition) is 2. The fourth-order valence-corrected chi connectivity index (χ4v) is 1.12. The summed E-state index contributed by atoms with van der Waals surface area (Å²) in [6.07, 6.45) is 0. The molecule has 0 spiro atoms. The maximum absolute atomic E-state index is 12.7. The predicted octanol–water partition coefficient (Wildman–Crippen LogP) is 2.61. The summed E-state index contributed by atoms with van der Waals surface area (Å²) in [5.74, 6) is -0.682. The first kappa shape index (κ1) is 13.2. The monoisotopic (exact) mass is 219 g/mol. The first-order valence-corrected chi connectivity index (χ1v) is 4.26. The van der Waals surface area contributed by atoms with E-state index in [0.29, 0.717) is 0 Å². The molecule has 80 valence electrons. The van der Waals surface area contributed by atoms with Crippen LogP contribution in [-0.4, -0.2) is 5.11 Å². The van der Waals surface area contributed by atoms with Gasteiger partial charge in [0.25, 0.3) is 0 Å². The van der Waals surface area contributed by atoms with Crippen molar-refractivity contribution >= 4 is 12.4 Å². The Bertz CT molecular complexity index is 304. The second-order valence-corrected chi connectivity index (χ2v) is 3.48. The molecule has 1 aromatic carbocycles. The van der Waals surface area contributed by atoms with E-state index in [1.165, 1.54) is 12.1 Å². The lowest BCUT2D eigenvalue weighted by atomic mass is 9.97. The zero-order chi connectivity index (χ0) is 10.0. The Labute approximate surface area is 89.3 Å². The summed E-state index contributed by atoms with van der Waals surface area (Å²) >= 11 is 0. The van der Waals surface area contributed by atoms with Crippen LogP contribution in [-0.2, 0) is 0 Å². The summed E-state index contributed by atoms with van der Waals surface area (Å²) in [5.41, 5.74) is 6.58. The Kier molecular flexibility index (Phi) is 4.88. The number of phenolic OH excluding ortho intramolecular Hbond substituents is 1. The first-order chi connectivity index (χ1) is 6.02. The molecule has 0 aliphatic carbocycles. The van der Waals surface area contributed by atoms with E-state index in [1.807, 2.05) is 13.8 Å². The molecular weight excluding hydrogens is 205 g/mol. The lowest BCUT2D eigenvalue weighted by Crippen LogP contribution is -2.16. The molecule has 0 aromatic heterocycles. The standard InChI is InChI=1S/C10H14FNO.ClH/c1-6(2)10(12)7-3-4-8(11)9(13)5-7;/h3-6,10,13H,12H2,1-2H3;1H. The van der Waals surface area contributed by atoms with Gasteiger partial charge in [-0.25, -0.2) is 4.39 Å². The third-order valence-corrected chi connectivity index (χ3v) is 2.07. The number of benzene rings is 1. The lowest BCUT2D eigenvalue weighted by Gasteiger charge is -2.15. The summed E-state index contributed by atoms with van der Waals surface area (Å²) in [5, 5.41) is 9.10. The summed E-state index contributed by atoms with van der Waals surface area (Å²) < 4.78 is 12.7. The predicted molar refractivity (Wildman–Crippen MR) is 57.1 cm³/mol. The third kappa shape index (κ3) is 2.86. The molecule has 0 aliphatic rings. The minimum absolute atomic E-state index is 0. The Hall–Kier alpha value is -0.800. The Morgan fingerprint density at radius 1 is 1.36 bits per heavy atom. The molecule has 1 aromatic rings. The zero-order valence-corrected chi connectivity index (χ0v) is 9.01. The van der Waals surface area contributed by atoms with Gasteiger partial charge in [0.1, 0.15) is 0 Å². The first-order valence-electron chi connectivity index (χ1n) is 4.26. The van der Waals surface area contributed by atoms with Crippen molar-refractivity contribution in [2.45, 2.75) is 19.9 Å². The summed E-state index contributed by atoms with van der Waals surface area (Å²) in [7, 11) is 0. The van der Waals surface area contributed by atoms with Crippen molar-refractivity contribution in [3.63, 3.8) is 0 Å². The molecule has 1 atom stereocenters. The maximum atomic E-state index is 12.7. The van der Waals surface area contributed by atoms with Crippen molar-refractivity contribution < 1.29 is 9.50 Å². The van der Waals surface area contributed by atoms with Crippen molar-refractivity contribution in [1.82, 2.24) is 0 Å². The molecule has 0 saturated carbocycles. The molecule has 0 fully saturated rings. The van der Waals surface area contributed by atoms with Gasteiger partial charge in [0, 0.05) is 6.04 Å². The van der Waals surface area contributed by atoms with Crippen LogP contribution in [0.5, 0.6) is 5.75 Å². The van der Waals surface area contributed by atoms with Gasteiger partial charge in [0.05, 0.1) is 0 Å². The Morgan fingerprint density at radius 2 is 1.93 bits per heavy atom. The van der Waals surface area contributed by atoms with Crippen LogP contribution < -0.4 is 5.73 Å². The van der Waals surface area contributed by atoms with Gasteiger partial charge >= 0.3 is 0 Å². The van der Waals surface area contributed by atoms with Gasteiger partial charge in [-0.3, -0.25) is 0 Å². The van der Waals surface area contributed by atoms with E-state index in [-0.39, 0.29) is 30.1 Å². The highest BCUT2D eigenvalue weighted by Gasteiger charge is 2.11. The lowest BCUT2D eigenvalue weighted by molar-refractivity contribution is 0.428. The van der Waals surface area contributed by atoms with Crippen molar-refractivity contribution in [2.75, 3.05) is 0 Å². The summed E-state index contributed by atoms with van der Waals surface area (Å²) in [6.45, 7) is 3.95. The minimum Gasteiger partial charge on any atom is -0.505 e. The van der Waals surface area contributed by atoms with Crippen LogP contribution >= 0.6 is 12.4 Å². The molecular formula is C10H15ClFNO. The van der Waals surface area contributed by atoms with Gasteiger partial charge in [-0.15, -0.1) is 12.4 Å². The van der Waals surface area contributed by atoms with E-state index >= 15 is 0 Å². The molecule has 0 aliphatic heterocycles. The molecule has 4 heteroatoms. The third-order valence-electron chi connectivity index (χ3n) is 2.07.